The van der Waals surface area contributed by atoms with Gasteiger partial charge in [0, 0.05) is 6.54 Å². The first kappa shape index (κ1) is 17.2. The number of ether oxygens (including phenoxy) is 1. The molecule has 0 unspecified atom stereocenters. The third kappa shape index (κ3) is 4.21. The smallest absolute Gasteiger partial charge is 0.244 e. The molecule has 1 aliphatic carbocycles. The highest BCUT2D eigenvalue weighted by Crippen LogP contribution is 2.27. The van der Waals surface area contributed by atoms with Crippen LogP contribution in [0.15, 0.2) is 23.1 Å². The Hall–Kier alpha value is -1.11. The number of aryl methyl sites for hydroxylation is 1. The predicted octanol–water partition coefficient (Wildman–Crippen LogP) is 2.22. The van der Waals surface area contributed by atoms with E-state index in [9.17, 15) is 13.5 Å². The summed E-state index contributed by atoms with van der Waals surface area (Å²) in [5.41, 5.74) is 0.842. The lowest BCUT2D eigenvalue weighted by atomic mass is 9.85. The summed E-state index contributed by atoms with van der Waals surface area (Å²) in [6.07, 6.45) is 4.73. The molecule has 124 valence electrons. The Morgan fingerprint density at radius 3 is 2.64 bits per heavy atom. The third-order valence-corrected chi connectivity index (χ3v) is 5.73. The second-order valence-electron chi connectivity index (χ2n) is 5.97. The van der Waals surface area contributed by atoms with Crippen molar-refractivity contribution >= 4 is 10.0 Å². The van der Waals surface area contributed by atoms with E-state index >= 15 is 0 Å². The van der Waals surface area contributed by atoms with Crippen molar-refractivity contribution in [2.24, 2.45) is 5.92 Å². The fourth-order valence-electron chi connectivity index (χ4n) is 2.95. The van der Waals surface area contributed by atoms with E-state index in [-0.39, 0.29) is 17.4 Å². The number of methoxy groups -OCH3 is 1. The van der Waals surface area contributed by atoms with Crippen molar-refractivity contribution in [1.29, 1.82) is 0 Å². The van der Waals surface area contributed by atoms with E-state index in [0.29, 0.717) is 5.75 Å². The van der Waals surface area contributed by atoms with Crippen molar-refractivity contribution in [2.75, 3.05) is 13.7 Å². The topological polar surface area (TPSA) is 75.6 Å². The molecule has 1 aromatic carbocycles. The number of rotatable bonds is 6. The zero-order valence-electron chi connectivity index (χ0n) is 13.2. The van der Waals surface area contributed by atoms with Crippen LogP contribution in [0.1, 0.15) is 37.7 Å². The summed E-state index contributed by atoms with van der Waals surface area (Å²) in [6, 6.07) is 5.02. The largest absolute Gasteiger partial charge is 0.495 e. The summed E-state index contributed by atoms with van der Waals surface area (Å²) in [5, 5.41) is 10.2. The normalized spacial score (nSPS) is 18.1. The highest BCUT2D eigenvalue weighted by molar-refractivity contribution is 7.89. The number of nitrogens with one attached hydrogen (secondary N) is 1. The van der Waals surface area contributed by atoms with Gasteiger partial charge in [0.1, 0.15) is 10.6 Å². The van der Waals surface area contributed by atoms with E-state index in [1.54, 1.807) is 18.2 Å². The lowest BCUT2D eigenvalue weighted by molar-refractivity contribution is 0.0888. The molecule has 0 amide bonds. The molecule has 1 atom stereocenters. The molecular formula is C16H25NO4S. The standard InChI is InChI=1S/C16H25NO4S/c1-12-8-9-15(21-2)16(10-12)22(19,20)17-11-14(18)13-6-4-3-5-7-13/h8-10,13-14,17-18H,3-7,11H2,1-2H3/t14-/m1/s1. The average Bonchev–Trinajstić information content (AvgIpc) is 2.53. The van der Waals surface area contributed by atoms with Crippen LogP contribution in [0.3, 0.4) is 0 Å². The molecule has 0 heterocycles. The van der Waals surface area contributed by atoms with Gasteiger partial charge < -0.3 is 9.84 Å². The maximum Gasteiger partial charge on any atom is 0.244 e. The lowest BCUT2D eigenvalue weighted by Crippen LogP contribution is -2.37. The maximum atomic E-state index is 12.4. The molecule has 6 heteroatoms. The van der Waals surface area contributed by atoms with Crippen LogP contribution in [0.25, 0.3) is 0 Å². The molecular weight excluding hydrogens is 302 g/mol. The molecule has 2 N–H and O–H groups in total. The van der Waals surface area contributed by atoms with Crippen molar-refractivity contribution in [3.05, 3.63) is 23.8 Å². The first-order valence-corrected chi connectivity index (χ1v) is 9.24. The van der Waals surface area contributed by atoms with Crippen LogP contribution in [0, 0.1) is 12.8 Å². The summed E-state index contributed by atoms with van der Waals surface area (Å²) >= 11 is 0. The summed E-state index contributed by atoms with van der Waals surface area (Å²) in [6.45, 7) is 1.87. The van der Waals surface area contributed by atoms with Gasteiger partial charge in [-0.2, -0.15) is 0 Å². The fraction of sp³-hybridized carbons (Fsp3) is 0.625. The molecule has 0 bridgehead atoms. The number of sulfonamides is 1. The minimum Gasteiger partial charge on any atom is -0.495 e. The van der Waals surface area contributed by atoms with Gasteiger partial charge in [-0.15, -0.1) is 0 Å². The van der Waals surface area contributed by atoms with Gasteiger partial charge in [-0.3, -0.25) is 0 Å². The van der Waals surface area contributed by atoms with Crippen LogP contribution in [0.4, 0.5) is 0 Å². The van der Waals surface area contributed by atoms with Gasteiger partial charge in [-0.25, -0.2) is 13.1 Å². The van der Waals surface area contributed by atoms with Gasteiger partial charge in [0.25, 0.3) is 0 Å². The Morgan fingerprint density at radius 1 is 1.32 bits per heavy atom. The summed E-state index contributed by atoms with van der Waals surface area (Å²) in [7, 11) is -2.25. The van der Waals surface area contributed by atoms with Gasteiger partial charge in [0.05, 0.1) is 13.2 Å². The first-order chi connectivity index (χ1) is 10.4. The van der Waals surface area contributed by atoms with Gasteiger partial charge >= 0.3 is 0 Å². The highest BCUT2D eigenvalue weighted by Gasteiger charge is 2.25. The monoisotopic (exact) mass is 327 g/mol. The van der Waals surface area contributed by atoms with Crippen LogP contribution in [0.2, 0.25) is 0 Å². The summed E-state index contributed by atoms with van der Waals surface area (Å²) < 4.78 is 32.5. The third-order valence-electron chi connectivity index (χ3n) is 4.29. The molecule has 1 fully saturated rings. The zero-order valence-corrected chi connectivity index (χ0v) is 14.0. The molecule has 1 saturated carbocycles. The van der Waals surface area contributed by atoms with E-state index in [0.717, 1.165) is 31.2 Å². The van der Waals surface area contributed by atoms with Crippen molar-refractivity contribution < 1.29 is 18.3 Å². The molecule has 0 spiro atoms. The average molecular weight is 327 g/mol. The lowest BCUT2D eigenvalue weighted by Gasteiger charge is -2.26. The number of benzene rings is 1. The minimum absolute atomic E-state index is 0.0457. The second kappa shape index (κ2) is 7.44. The molecule has 22 heavy (non-hydrogen) atoms. The number of hydrogen-bond acceptors (Lipinski definition) is 4. The van der Waals surface area contributed by atoms with E-state index in [2.05, 4.69) is 4.72 Å². The predicted molar refractivity (Wildman–Crippen MR) is 85.5 cm³/mol. The van der Waals surface area contributed by atoms with Crippen LogP contribution < -0.4 is 9.46 Å². The molecule has 1 aromatic rings. The Kier molecular flexibility index (Phi) is 5.83. The molecule has 0 aliphatic heterocycles. The zero-order chi connectivity index (χ0) is 16.2. The second-order valence-corrected chi connectivity index (χ2v) is 7.71. The summed E-state index contributed by atoms with van der Waals surface area (Å²) in [5.74, 6) is 0.501. The molecule has 1 aliphatic rings. The van der Waals surface area contributed by atoms with Crippen LogP contribution in [-0.2, 0) is 10.0 Å². The Bertz CT molecular complexity index is 594. The first-order valence-electron chi connectivity index (χ1n) is 7.76. The van der Waals surface area contributed by atoms with Gasteiger partial charge in [-0.1, -0.05) is 25.3 Å². The molecule has 0 saturated heterocycles. The van der Waals surface area contributed by atoms with Crippen LogP contribution in [0.5, 0.6) is 5.75 Å². The fourth-order valence-corrected chi connectivity index (χ4v) is 4.26. The van der Waals surface area contributed by atoms with Crippen molar-refractivity contribution in [2.45, 2.75) is 50.0 Å². The number of aliphatic hydroxyl groups excluding tert-OH is 1. The van der Waals surface area contributed by atoms with E-state index in [4.69, 9.17) is 4.74 Å². The van der Waals surface area contributed by atoms with E-state index in [1.165, 1.54) is 13.5 Å². The highest BCUT2D eigenvalue weighted by atomic mass is 32.2. The number of hydrogen-bond donors (Lipinski definition) is 2. The van der Waals surface area contributed by atoms with Gasteiger partial charge in [0.15, 0.2) is 0 Å². The van der Waals surface area contributed by atoms with E-state index < -0.39 is 16.1 Å². The minimum atomic E-state index is -3.69. The van der Waals surface area contributed by atoms with Crippen LogP contribution in [-0.4, -0.2) is 33.3 Å². The van der Waals surface area contributed by atoms with Gasteiger partial charge in [0.2, 0.25) is 10.0 Å². The molecule has 0 aromatic heterocycles. The van der Waals surface area contributed by atoms with E-state index in [1.807, 2.05) is 6.92 Å². The molecule has 2 rings (SSSR count). The Balaban J connectivity index is 2.06. The van der Waals surface area contributed by atoms with Crippen LogP contribution >= 0.6 is 0 Å². The Labute approximate surface area is 132 Å². The summed E-state index contributed by atoms with van der Waals surface area (Å²) in [4.78, 5) is 0.117. The van der Waals surface area contributed by atoms with Crippen molar-refractivity contribution in [3.63, 3.8) is 0 Å². The van der Waals surface area contributed by atoms with Crippen molar-refractivity contribution in [1.82, 2.24) is 4.72 Å². The molecule has 0 radical (unpaired) electrons. The Morgan fingerprint density at radius 2 is 2.00 bits per heavy atom. The number of aliphatic hydroxyl groups is 1. The maximum absolute atomic E-state index is 12.4. The quantitative estimate of drug-likeness (QED) is 0.840. The molecule has 5 nitrogen and oxygen atoms in total. The van der Waals surface area contributed by atoms with Crippen molar-refractivity contribution in [3.8, 4) is 5.75 Å². The van der Waals surface area contributed by atoms with Gasteiger partial charge in [-0.05, 0) is 43.4 Å². The SMILES string of the molecule is COc1ccc(C)cc1S(=O)(=O)NC[C@@H](O)C1CCCCC1.